The number of likely N-dealkylation sites (tertiary alicyclic amines) is 1. The lowest BCUT2D eigenvalue weighted by molar-refractivity contribution is 0.142. The van der Waals surface area contributed by atoms with E-state index in [1.165, 1.54) is 37.1 Å². The molecule has 1 aliphatic rings. The van der Waals surface area contributed by atoms with Crippen molar-refractivity contribution in [2.75, 3.05) is 33.2 Å². The van der Waals surface area contributed by atoms with E-state index in [2.05, 4.69) is 54.1 Å². The van der Waals surface area contributed by atoms with Crippen molar-refractivity contribution < 1.29 is 0 Å². The fraction of sp³-hybridized carbons (Fsp3) is 0.591. The van der Waals surface area contributed by atoms with Gasteiger partial charge in [-0.1, -0.05) is 23.7 Å². The van der Waals surface area contributed by atoms with Crippen LogP contribution in [0.25, 0.3) is 0 Å². The molecule has 0 aliphatic carbocycles. The van der Waals surface area contributed by atoms with Crippen LogP contribution in [0.3, 0.4) is 0 Å². The molecular weight excluding hydrogens is 356 g/mol. The number of nitrogens with zero attached hydrogens (tertiary/aromatic N) is 4. The van der Waals surface area contributed by atoms with E-state index in [0.717, 1.165) is 37.0 Å². The van der Waals surface area contributed by atoms with Crippen molar-refractivity contribution in [2.45, 2.75) is 45.7 Å². The van der Waals surface area contributed by atoms with Gasteiger partial charge in [0.1, 0.15) is 0 Å². The van der Waals surface area contributed by atoms with Gasteiger partial charge in [-0.15, -0.1) is 0 Å². The largest absolute Gasteiger partial charge is 0.303 e. The molecule has 0 radical (unpaired) electrons. The van der Waals surface area contributed by atoms with E-state index in [1.807, 2.05) is 23.0 Å². The van der Waals surface area contributed by atoms with Crippen LogP contribution in [-0.2, 0) is 13.0 Å². The van der Waals surface area contributed by atoms with E-state index in [4.69, 9.17) is 11.6 Å². The predicted octanol–water partition coefficient (Wildman–Crippen LogP) is 4.50. The summed E-state index contributed by atoms with van der Waals surface area (Å²) in [6, 6.07) is 8.71. The van der Waals surface area contributed by atoms with Gasteiger partial charge in [-0.25, -0.2) is 0 Å². The molecule has 148 valence electrons. The molecule has 27 heavy (non-hydrogen) atoms. The van der Waals surface area contributed by atoms with Crippen LogP contribution in [0.4, 0.5) is 0 Å². The van der Waals surface area contributed by atoms with E-state index in [1.54, 1.807) is 0 Å². The van der Waals surface area contributed by atoms with Crippen LogP contribution in [0, 0.1) is 5.92 Å². The molecule has 0 N–H and O–H groups in total. The zero-order valence-corrected chi connectivity index (χ0v) is 17.7. The van der Waals surface area contributed by atoms with Gasteiger partial charge in [0.05, 0.1) is 6.20 Å². The molecule has 2 aromatic rings. The fourth-order valence-electron chi connectivity index (χ4n) is 4.00. The molecule has 5 heteroatoms. The maximum absolute atomic E-state index is 5.98. The zero-order chi connectivity index (χ0) is 19.2. The summed E-state index contributed by atoms with van der Waals surface area (Å²) in [4.78, 5) is 5.09. The first-order valence-corrected chi connectivity index (χ1v) is 10.6. The molecule has 0 bridgehead atoms. The topological polar surface area (TPSA) is 24.3 Å². The molecule has 0 saturated carbocycles. The SMILES string of the molecule is CC(C)n1cc(CN(C)C[C@H]2CCCN(CCc3ccc(Cl)cc3)C2)cn1. The number of hydrogen-bond acceptors (Lipinski definition) is 3. The molecule has 1 aliphatic heterocycles. The third kappa shape index (κ3) is 6.34. The van der Waals surface area contributed by atoms with Crippen molar-refractivity contribution in [1.82, 2.24) is 19.6 Å². The summed E-state index contributed by atoms with van der Waals surface area (Å²) < 4.78 is 2.04. The molecule has 1 saturated heterocycles. The molecule has 0 amide bonds. The van der Waals surface area contributed by atoms with Crippen molar-refractivity contribution in [1.29, 1.82) is 0 Å². The second-order valence-corrected chi connectivity index (χ2v) is 8.74. The molecule has 1 atom stereocenters. The number of hydrogen-bond donors (Lipinski definition) is 0. The second kappa shape index (κ2) is 9.72. The van der Waals surface area contributed by atoms with Gasteiger partial charge in [-0.2, -0.15) is 5.10 Å². The lowest BCUT2D eigenvalue weighted by atomic mass is 9.97. The summed E-state index contributed by atoms with van der Waals surface area (Å²) in [5.41, 5.74) is 2.68. The summed E-state index contributed by atoms with van der Waals surface area (Å²) >= 11 is 5.98. The van der Waals surface area contributed by atoms with Crippen LogP contribution in [0.2, 0.25) is 5.02 Å². The fourth-order valence-corrected chi connectivity index (χ4v) is 4.13. The van der Waals surface area contributed by atoms with E-state index in [9.17, 15) is 0 Å². The van der Waals surface area contributed by atoms with Crippen molar-refractivity contribution in [2.24, 2.45) is 5.92 Å². The van der Waals surface area contributed by atoms with Crippen LogP contribution in [0.15, 0.2) is 36.7 Å². The average molecular weight is 389 g/mol. The van der Waals surface area contributed by atoms with Gasteiger partial charge in [0.2, 0.25) is 0 Å². The van der Waals surface area contributed by atoms with Gasteiger partial charge >= 0.3 is 0 Å². The highest BCUT2D eigenvalue weighted by Crippen LogP contribution is 2.19. The Labute approximate surface area is 169 Å². The minimum Gasteiger partial charge on any atom is -0.303 e. The lowest BCUT2D eigenvalue weighted by Gasteiger charge is -2.34. The Morgan fingerprint density at radius 3 is 2.70 bits per heavy atom. The van der Waals surface area contributed by atoms with Crippen LogP contribution in [0.5, 0.6) is 0 Å². The number of piperidine rings is 1. The molecular formula is C22H33ClN4. The van der Waals surface area contributed by atoms with Gasteiger partial charge < -0.3 is 9.80 Å². The van der Waals surface area contributed by atoms with Gasteiger partial charge in [-0.3, -0.25) is 4.68 Å². The number of benzene rings is 1. The maximum atomic E-state index is 5.98. The summed E-state index contributed by atoms with van der Waals surface area (Å²) in [5.74, 6) is 0.758. The Hall–Kier alpha value is -1.36. The minimum atomic E-state index is 0.427. The van der Waals surface area contributed by atoms with E-state index >= 15 is 0 Å². The standard InChI is InChI=1S/C22H33ClN4/c1-18(2)27-17-21(13-24-27)15-25(3)14-20-5-4-11-26(16-20)12-10-19-6-8-22(23)9-7-19/h6-9,13,17-18,20H,4-5,10-12,14-16H2,1-3H3/t20-/m1/s1. The Morgan fingerprint density at radius 2 is 2.00 bits per heavy atom. The summed E-state index contributed by atoms with van der Waals surface area (Å²) in [5, 5.41) is 5.28. The van der Waals surface area contributed by atoms with Gasteiger partial charge in [0.15, 0.2) is 0 Å². The van der Waals surface area contributed by atoms with Crippen molar-refractivity contribution in [3.8, 4) is 0 Å². The number of aromatic nitrogens is 2. The first-order valence-electron chi connectivity index (χ1n) is 10.2. The Bertz CT molecular complexity index is 695. The molecule has 1 fully saturated rings. The van der Waals surface area contributed by atoms with Gasteiger partial charge in [0.25, 0.3) is 0 Å². The molecule has 2 heterocycles. The predicted molar refractivity (Wildman–Crippen MR) is 113 cm³/mol. The van der Waals surface area contributed by atoms with E-state index in [-0.39, 0.29) is 0 Å². The molecule has 0 unspecified atom stereocenters. The summed E-state index contributed by atoms with van der Waals surface area (Å²) in [6.07, 6.45) is 7.95. The molecule has 1 aromatic heterocycles. The Morgan fingerprint density at radius 1 is 1.22 bits per heavy atom. The highest BCUT2D eigenvalue weighted by atomic mass is 35.5. The minimum absolute atomic E-state index is 0.427. The van der Waals surface area contributed by atoms with Crippen molar-refractivity contribution in [3.63, 3.8) is 0 Å². The van der Waals surface area contributed by atoms with E-state index in [0.29, 0.717) is 6.04 Å². The van der Waals surface area contributed by atoms with E-state index < -0.39 is 0 Å². The number of rotatable bonds is 8. The summed E-state index contributed by atoms with van der Waals surface area (Å²) in [6.45, 7) is 10.1. The molecule has 3 rings (SSSR count). The first kappa shape index (κ1) is 20.4. The highest BCUT2D eigenvalue weighted by molar-refractivity contribution is 6.30. The second-order valence-electron chi connectivity index (χ2n) is 8.30. The summed E-state index contributed by atoms with van der Waals surface area (Å²) in [7, 11) is 2.24. The van der Waals surface area contributed by atoms with Crippen molar-refractivity contribution in [3.05, 3.63) is 52.8 Å². The van der Waals surface area contributed by atoms with Gasteiger partial charge in [0, 0.05) is 49.0 Å². The average Bonchev–Trinajstić information content (AvgIpc) is 3.10. The van der Waals surface area contributed by atoms with Crippen LogP contribution >= 0.6 is 11.6 Å². The Balaban J connectivity index is 1.43. The quantitative estimate of drug-likeness (QED) is 0.665. The molecule has 1 aromatic carbocycles. The number of halogens is 1. The Kier molecular flexibility index (Phi) is 7.33. The zero-order valence-electron chi connectivity index (χ0n) is 16.9. The first-order chi connectivity index (χ1) is 13.0. The van der Waals surface area contributed by atoms with Crippen LogP contribution in [0.1, 0.15) is 43.9 Å². The molecule has 4 nitrogen and oxygen atoms in total. The van der Waals surface area contributed by atoms with Crippen molar-refractivity contribution >= 4 is 11.6 Å². The van der Waals surface area contributed by atoms with Crippen LogP contribution < -0.4 is 0 Å². The maximum Gasteiger partial charge on any atom is 0.0534 e. The van der Waals surface area contributed by atoms with Gasteiger partial charge in [-0.05, 0) is 70.3 Å². The van der Waals surface area contributed by atoms with Crippen LogP contribution in [-0.4, -0.2) is 52.8 Å². The smallest absolute Gasteiger partial charge is 0.0534 e. The third-order valence-corrected chi connectivity index (χ3v) is 5.69. The highest BCUT2D eigenvalue weighted by Gasteiger charge is 2.21. The third-order valence-electron chi connectivity index (χ3n) is 5.44. The lowest BCUT2D eigenvalue weighted by Crippen LogP contribution is -2.40. The monoisotopic (exact) mass is 388 g/mol. The molecule has 0 spiro atoms. The normalized spacial score (nSPS) is 18.5.